The first-order valence-electron chi connectivity index (χ1n) is 6.37. The van der Waals surface area contributed by atoms with E-state index in [2.05, 4.69) is 20.3 Å². The van der Waals surface area contributed by atoms with Crippen molar-refractivity contribution < 1.29 is 19.0 Å². The Morgan fingerprint density at radius 3 is 2.74 bits per heavy atom. The Balaban J connectivity index is 1.66. The number of rotatable bonds is 5. The van der Waals surface area contributed by atoms with Gasteiger partial charge in [0.2, 0.25) is 5.82 Å². The molecule has 0 aliphatic heterocycles. The quantitative estimate of drug-likeness (QED) is 0.427. The second kappa shape index (κ2) is 6.05. The molecule has 0 radical (unpaired) electrons. The van der Waals surface area contributed by atoms with E-state index in [4.69, 9.17) is 9.26 Å². The van der Waals surface area contributed by atoms with E-state index in [0.717, 1.165) is 0 Å². The lowest BCUT2D eigenvalue weighted by Crippen LogP contribution is -2.05. The molecule has 3 rings (SSSR count). The molecule has 10 nitrogen and oxygen atoms in total. The SMILES string of the molecule is O=C(OCc1nc(-c2ccc([N+](=O)[O-])cc2)no1)c1ccn[nH]1. The number of carbonyl (C=O) groups is 1. The van der Waals surface area contributed by atoms with E-state index in [1.165, 1.54) is 36.5 Å². The topological polar surface area (TPSA) is 137 Å². The van der Waals surface area contributed by atoms with Gasteiger partial charge in [-0.1, -0.05) is 5.16 Å². The number of aromatic nitrogens is 4. The molecule has 3 aromatic rings. The minimum absolute atomic E-state index is 0.0362. The van der Waals surface area contributed by atoms with Gasteiger partial charge in [0.1, 0.15) is 5.69 Å². The zero-order chi connectivity index (χ0) is 16.2. The number of esters is 1. The van der Waals surface area contributed by atoms with Crippen LogP contribution in [0.1, 0.15) is 16.4 Å². The Morgan fingerprint density at radius 2 is 2.09 bits per heavy atom. The number of hydrogen-bond acceptors (Lipinski definition) is 8. The van der Waals surface area contributed by atoms with E-state index in [9.17, 15) is 14.9 Å². The number of benzene rings is 1. The van der Waals surface area contributed by atoms with Gasteiger partial charge in [0.15, 0.2) is 6.61 Å². The first-order chi connectivity index (χ1) is 11.1. The van der Waals surface area contributed by atoms with Crippen molar-refractivity contribution in [3.8, 4) is 11.4 Å². The summed E-state index contributed by atoms with van der Waals surface area (Å²) in [6, 6.07) is 7.15. The lowest BCUT2D eigenvalue weighted by molar-refractivity contribution is -0.384. The maximum absolute atomic E-state index is 11.6. The molecule has 2 aromatic heterocycles. The van der Waals surface area contributed by atoms with Crippen LogP contribution in [0.25, 0.3) is 11.4 Å². The fraction of sp³-hybridized carbons (Fsp3) is 0.0769. The van der Waals surface area contributed by atoms with E-state index in [1.54, 1.807) is 0 Å². The molecule has 0 fully saturated rings. The van der Waals surface area contributed by atoms with Crippen LogP contribution in [0, 0.1) is 10.1 Å². The van der Waals surface area contributed by atoms with Crippen molar-refractivity contribution in [3.63, 3.8) is 0 Å². The van der Waals surface area contributed by atoms with Crippen LogP contribution in [0.4, 0.5) is 5.69 Å². The molecule has 10 heteroatoms. The predicted octanol–water partition coefficient (Wildman–Crippen LogP) is 1.72. The molecule has 116 valence electrons. The number of H-pyrrole nitrogens is 1. The number of nitro benzene ring substituents is 1. The zero-order valence-electron chi connectivity index (χ0n) is 11.5. The van der Waals surface area contributed by atoms with Gasteiger partial charge >= 0.3 is 5.97 Å². The molecular formula is C13H9N5O5. The fourth-order valence-electron chi connectivity index (χ4n) is 1.74. The predicted molar refractivity (Wildman–Crippen MR) is 74.1 cm³/mol. The van der Waals surface area contributed by atoms with Gasteiger partial charge in [0.25, 0.3) is 11.6 Å². The molecule has 0 aliphatic carbocycles. The Bertz CT molecular complexity index is 825. The largest absolute Gasteiger partial charge is 0.451 e. The van der Waals surface area contributed by atoms with Crippen molar-refractivity contribution in [1.29, 1.82) is 0 Å². The van der Waals surface area contributed by atoms with Gasteiger partial charge in [-0.15, -0.1) is 0 Å². The van der Waals surface area contributed by atoms with Gasteiger partial charge in [0, 0.05) is 23.9 Å². The van der Waals surface area contributed by atoms with Crippen LogP contribution >= 0.6 is 0 Å². The molecule has 0 saturated carbocycles. The lowest BCUT2D eigenvalue weighted by Gasteiger charge is -1.98. The summed E-state index contributed by atoms with van der Waals surface area (Å²) in [6.45, 7) is -0.197. The van der Waals surface area contributed by atoms with Gasteiger partial charge in [0.05, 0.1) is 4.92 Å². The van der Waals surface area contributed by atoms with E-state index in [0.29, 0.717) is 5.56 Å². The summed E-state index contributed by atoms with van der Waals surface area (Å²) in [7, 11) is 0. The van der Waals surface area contributed by atoms with Crippen molar-refractivity contribution >= 4 is 11.7 Å². The Morgan fingerprint density at radius 1 is 1.30 bits per heavy atom. The molecule has 0 unspecified atom stereocenters. The molecule has 0 spiro atoms. The van der Waals surface area contributed by atoms with Crippen molar-refractivity contribution in [2.75, 3.05) is 0 Å². The molecule has 0 bridgehead atoms. The number of aromatic amines is 1. The first-order valence-corrected chi connectivity index (χ1v) is 6.37. The van der Waals surface area contributed by atoms with Crippen LogP contribution in [0.2, 0.25) is 0 Å². The minimum Gasteiger partial charge on any atom is -0.451 e. The summed E-state index contributed by atoms with van der Waals surface area (Å²) >= 11 is 0. The highest BCUT2D eigenvalue weighted by molar-refractivity contribution is 5.86. The highest BCUT2D eigenvalue weighted by Gasteiger charge is 2.14. The molecule has 0 atom stereocenters. The van der Waals surface area contributed by atoms with Crippen molar-refractivity contribution in [2.45, 2.75) is 6.61 Å². The third-order valence-corrected chi connectivity index (χ3v) is 2.85. The summed E-state index contributed by atoms with van der Waals surface area (Å²) < 4.78 is 9.94. The zero-order valence-corrected chi connectivity index (χ0v) is 11.5. The highest BCUT2D eigenvalue weighted by Crippen LogP contribution is 2.20. The molecule has 0 aliphatic rings. The number of hydrogen-bond donors (Lipinski definition) is 1. The maximum atomic E-state index is 11.6. The van der Waals surface area contributed by atoms with Crippen molar-refractivity contribution in [1.82, 2.24) is 20.3 Å². The first kappa shape index (κ1) is 14.4. The van der Waals surface area contributed by atoms with Gasteiger partial charge in [-0.2, -0.15) is 10.1 Å². The van der Waals surface area contributed by atoms with Gasteiger partial charge in [-0.3, -0.25) is 15.2 Å². The Hall–Kier alpha value is -3.56. The minimum atomic E-state index is -0.599. The van der Waals surface area contributed by atoms with E-state index in [-0.39, 0.29) is 29.7 Å². The summed E-state index contributed by atoms with van der Waals surface area (Å²) in [5.74, 6) is -0.253. The lowest BCUT2D eigenvalue weighted by atomic mass is 10.2. The standard InChI is InChI=1S/C13H9N5O5/c19-13(10-5-6-14-16-10)22-7-11-15-12(17-23-11)8-1-3-9(4-2-8)18(20)21/h1-6H,7H2,(H,14,16). The summed E-state index contributed by atoms with van der Waals surface area (Å²) in [5.41, 5.74) is 0.719. The van der Waals surface area contributed by atoms with Gasteiger partial charge < -0.3 is 9.26 Å². The van der Waals surface area contributed by atoms with Crippen LogP contribution in [0.3, 0.4) is 0 Å². The second-order valence-electron chi connectivity index (χ2n) is 4.36. The maximum Gasteiger partial charge on any atom is 0.356 e. The van der Waals surface area contributed by atoms with Crippen LogP contribution in [0.15, 0.2) is 41.1 Å². The summed E-state index contributed by atoms with van der Waals surface area (Å²) in [6.07, 6.45) is 1.43. The van der Waals surface area contributed by atoms with E-state index < -0.39 is 10.9 Å². The van der Waals surface area contributed by atoms with Crippen molar-refractivity contribution in [3.05, 3.63) is 58.2 Å². The van der Waals surface area contributed by atoms with Gasteiger partial charge in [-0.05, 0) is 18.2 Å². The summed E-state index contributed by atoms with van der Waals surface area (Å²) in [4.78, 5) is 25.8. The Kier molecular flexibility index (Phi) is 3.78. The molecule has 0 saturated heterocycles. The van der Waals surface area contributed by atoms with E-state index in [1.807, 2.05) is 0 Å². The monoisotopic (exact) mass is 315 g/mol. The molecule has 1 aromatic carbocycles. The third kappa shape index (κ3) is 3.20. The van der Waals surface area contributed by atoms with E-state index >= 15 is 0 Å². The third-order valence-electron chi connectivity index (χ3n) is 2.85. The number of nitrogens with one attached hydrogen (secondary N) is 1. The summed E-state index contributed by atoms with van der Waals surface area (Å²) in [5, 5.41) is 20.4. The normalized spacial score (nSPS) is 10.4. The van der Waals surface area contributed by atoms with Gasteiger partial charge in [-0.25, -0.2) is 4.79 Å². The Labute approximate surface area is 128 Å². The van der Waals surface area contributed by atoms with Crippen LogP contribution in [0.5, 0.6) is 0 Å². The second-order valence-corrected chi connectivity index (χ2v) is 4.36. The average Bonchev–Trinajstić information content (AvgIpc) is 3.24. The molecule has 0 amide bonds. The van der Waals surface area contributed by atoms with Crippen LogP contribution in [-0.4, -0.2) is 31.2 Å². The number of carbonyl (C=O) groups excluding carboxylic acids is 1. The highest BCUT2D eigenvalue weighted by atomic mass is 16.6. The smallest absolute Gasteiger partial charge is 0.356 e. The molecule has 23 heavy (non-hydrogen) atoms. The van der Waals surface area contributed by atoms with Crippen molar-refractivity contribution in [2.24, 2.45) is 0 Å². The number of non-ortho nitro benzene ring substituents is 1. The number of ether oxygens (including phenoxy) is 1. The van der Waals surface area contributed by atoms with Crippen LogP contribution in [-0.2, 0) is 11.3 Å². The molecule has 2 heterocycles. The molecule has 1 N–H and O–H groups in total. The fourth-order valence-corrected chi connectivity index (χ4v) is 1.74. The van der Waals surface area contributed by atoms with Crippen LogP contribution < -0.4 is 0 Å². The number of nitrogens with zero attached hydrogens (tertiary/aromatic N) is 4. The molecular weight excluding hydrogens is 306 g/mol. The average molecular weight is 315 g/mol. The number of nitro groups is 1.